The average molecular weight is 505 g/mol. The summed E-state index contributed by atoms with van der Waals surface area (Å²) in [5.41, 5.74) is 9.13. The first-order chi connectivity index (χ1) is 18.4. The molecular formula is C31H29FN6. The maximum atomic E-state index is 13.5. The van der Waals surface area contributed by atoms with Gasteiger partial charge in [-0.2, -0.15) is 5.10 Å². The first kappa shape index (κ1) is 24.9. The number of halogens is 1. The number of nitrogens with one attached hydrogen (secondary N) is 3. The molecule has 5 rings (SSSR count). The van der Waals surface area contributed by atoms with Gasteiger partial charge in [0.05, 0.1) is 22.6 Å². The van der Waals surface area contributed by atoms with Crippen LogP contribution >= 0.6 is 0 Å². The number of hydrogen-bond donors (Lipinski definition) is 3. The van der Waals surface area contributed by atoms with E-state index < -0.39 is 0 Å². The highest BCUT2D eigenvalue weighted by atomic mass is 19.1. The predicted octanol–water partition coefficient (Wildman–Crippen LogP) is 7.54. The summed E-state index contributed by atoms with van der Waals surface area (Å²) >= 11 is 0. The number of aromatic amines is 2. The highest BCUT2D eigenvalue weighted by molar-refractivity contribution is 5.99. The van der Waals surface area contributed by atoms with Gasteiger partial charge in [-0.3, -0.25) is 10.1 Å². The summed E-state index contributed by atoms with van der Waals surface area (Å²) < 4.78 is 13.5. The van der Waals surface area contributed by atoms with Crippen molar-refractivity contribution in [3.8, 4) is 22.6 Å². The van der Waals surface area contributed by atoms with Gasteiger partial charge in [0.25, 0.3) is 0 Å². The molecule has 7 heteroatoms. The number of fused-ring (bicyclic) bond motifs is 2. The van der Waals surface area contributed by atoms with Crippen LogP contribution in [0.4, 0.5) is 4.39 Å². The SMILES string of the molecule is C=C/C(=C\C(=C/C)c1ccc2[nH]nc(-c3cc4c(-c5ccc(F)cc5)nccc4[nH]3)c2n1)NC(=C)C(C)C. The summed E-state index contributed by atoms with van der Waals surface area (Å²) in [5, 5.41) is 11.9. The first-order valence-electron chi connectivity index (χ1n) is 12.4. The Morgan fingerprint density at radius 2 is 1.84 bits per heavy atom. The lowest BCUT2D eigenvalue weighted by molar-refractivity contribution is 0.628. The van der Waals surface area contributed by atoms with E-state index in [1.54, 1.807) is 24.4 Å². The number of H-pyrrole nitrogens is 2. The molecule has 0 aliphatic carbocycles. The molecule has 0 bridgehead atoms. The minimum absolute atomic E-state index is 0.281. The Labute approximate surface area is 220 Å². The number of benzene rings is 1. The van der Waals surface area contributed by atoms with Crippen LogP contribution in [0.2, 0.25) is 0 Å². The number of hydrogen-bond acceptors (Lipinski definition) is 4. The summed E-state index contributed by atoms with van der Waals surface area (Å²) in [6, 6.07) is 14.2. The zero-order chi connectivity index (χ0) is 26.8. The van der Waals surface area contributed by atoms with Crippen LogP contribution in [0, 0.1) is 11.7 Å². The van der Waals surface area contributed by atoms with Crippen molar-refractivity contribution in [1.82, 2.24) is 30.5 Å². The largest absolute Gasteiger partial charge is 0.359 e. The summed E-state index contributed by atoms with van der Waals surface area (Å²) in [4.78, 5) is 13.0. The van der Waals surface area contributed by atoms with Gasteiger partial charge in [0.2, 0.25) is 0 Å². The number of pyridine rings is 2. The Morgan fingerprint density at radius 3 is 2.55 bits per heavy atom. The molecule has 0 aliphatic rings. The molecule has 0 atom stereocenters. The molecule has 0 radical (unpaired) electrons. The van der Waals surface area contributed by atoms with Crippen LogP contribution in [0.25, 0.3) is 50.2 Å². The molecule has 1 aromatic carbocycles. The zero-order valence-electron chi connectivity index (χ0n) is 21.6. The van der Waals surface area contributed by atoms with E-state index >= 15 is 0 Å². The fourth-order valence-corrected chi connectivity index (χ4v) is 4.22. The van der Waals surface area contributed by atoms with E-state index in [2.05, 4.69) is 52.5 Å². The van der Waals surface area contributed by atoms with Crippen molar-refractivity contribution >= 4 is 27.5 Å². The number of allylic oxidation sites excluding steroid dienone is 5. The van der Waals surface area contributed by atoms with Crippen LogP contribution in [-0.4, -0.2) is 25.1 Å². The second-order valence-electron chi connectivity index (χ2n) is 9.33. The van der Waals surface area contributed by atoms with Gasteiger partial charge in [-0.15, -0.1) is 0 Å². The molecule has 190 valence electrons. The predicted molar refractivity (Wildman–Crippen MR) is 153 cm³/mol. The van der Waals surface area contributed by atoms with Gasteiger partial charge in [-0.1, -0.05) is 33.1 Å². The van der Waals surface area contributed by atoms with E-state index in [-0.39, 0.29) is 5.82 Å². The van der Waals surface area contributed by atoms with Crippen molar-refractivity contribution in [3.63, 3.8) is 0 Å². The second-order valence-corrected chi connectivity index (χ2v) is 9.33. The van der Waals surface area contributed by atoms with E-state index in [9.17, 15) is 4.39 Å². The molecule has 0 saturated heterocycles. The minimum atomic E-state index is -0.281. The summed E-state index contributed by atoms with van der Waals surface area (Å²) in [7, 11) is 0. The highest BCUT2D eigenvalue weighted by Gasteiger charge is 2.16. The Kier molecular flexibility index (Phi) is 6.75. The van der Waals surface area contributed by atoms with Crippen LogP contribution in [-0.2, 0) is 0 Å². The minimum Gasteiger partial charge on any atom is -0.359 e. The number of aromatic nitrogens is 5. The first-order valence-corrected chi connectivity index (χ1v) is 12.4. The Morgan fingerprint density at radius 1 is 1.05 bits per heavy atom. The zero-order valence-corrected chi connectivity index (χ0v) is 21.6. The summed E-state index contributed by atoms with van der Waals surface area (Å²) in [6.45, 7) is 14.2. The summed E-state index contributed by atoms with van der Waals surface area (Å²) in [5.74, 6) is 0.0159. The van der Waals surface area contributed by atoms with Crippen molar-refractivity contribution in [3.05, 3.63) is 109 Å². The van der Waals surface area contributed by atoms with Crippen molar-refractivity contribution in [1.29, 1.82) is 0 Å². The van der Waals surface area contributed by atoms with Crippen LogP contribution in [0.5, 0.6) is 0 Å². The van der Waals surface area contributed by atoms with Crippen molar-refractivity contribution in [2.45, 2.75) is 20.8 Å². The quantitative estimate of drug-likeness (QED) is 0.191. The van der Waals surface area contributed by atoms with Gasteiger partial charge in [0, 0.05) is 34.1 Å². The maximum Gasteiger partial charge on any atom is 0.135 e. The van der Waals surface area contributed by atoms with Gasteiger partial charge < -0.3 is 10.3 Å². The number of rotatable bonds is 8. The molecule has 0 fully saturated rings. The smallest absolute Gasteiger partial charge is 0.135 e. The molecule has 0 aliphatic heterocycles. The van der Waals surface area contributed by atoms with Crippen LogP contribution in [0.1, 0.15) is 26.5 Å². The fraction of sp³-hybridized carbons (Fsp3) is 0.129. The molecule has 0 unspecified atom stereocenters. The Hall–Kier alpha value is -4.78. The van der Waals surface area contributed by atoms with E-state index in [4.69, 9.17) is 4.98 Å². The standard InChI is InChI=1S/C31H29FN6/c1-6-20(16-23(7-2)34-19(5)18(3)4)25-12-13-27-30(36-25)31(38-37-27)28-17-24-26(35-28)14-15-33-29(24)21-8-10-22(32)11-9-21/h6-18,34-35H,2,5H2,1,3-4H3,(H,37,38)/b20-6+,23-16+. The van der Waals surface area contributed by atoms with E-state index in [0.717, 1.165) is 61.5 Å². The highest BCUT2D eigenvalue weighted by Crippen LogP contribution is 2.33. The third-order valence-electron chi connectivity index (χ3n) is 6.47. The molecule has 0 amide bonds. The molecule has 4 aromatic heterocycles. The molecule has 6 nitrogen and oxygen atoms in total. The van der Waals surface area contributed by atoms with Crippen LogP contribution in [0.15, 0.2) is 97.5 Å². The molecule has 0 spiro atoms. The van der Waals surface area contributed by atoms with Gasteiger partial charge in [-0.25, -0.2) is 9.37 Å². The number of nitrogens with zero attached hydrogens (tertiary/aromatic N) is 3. The van der Waals surface area contributed by atoms with Crippen molar-refractivity contribution < 1.29 is 4.39 Å². The average Bonchev–Trinajstić information content (AvgIpc) is 3.55. The summed E-state index contributed by atoms with van der Waals surface area (Å²) in [6.07, 6.45) is 7.54. The van der Waals surface area contributed by atoms with Crippen LogP contribution < -0.4 is 5.32 Å². The van der Waals surface area contributed by atoms with Crippen molar-refractivity contribution in [2.24, 2.45) is 5.92 Å². The Balaban J connectivity index is 1.55. The third-order valence-corrected chi connectivity index (χ3v) is 6.47. The van der Waals surface area contributed by atoms with E-state index in [0.29, 0.717) is 11.6 Å². The molecular weight excluding hydrogens is 475 g/mol. The Bertz CT molecular complexity index is 1720. The lowest BCUT2D eigenvalue weighted by Crippen LogP contribution is -2.14. The lowest BCUT2D eigenvalue weighted by Gasteiger charge is -2.14. The van der Waals surface area contributed by atoms with Gasteiger partial charge in [0.1, 0.15) is 17.0 Å². The van der Waals surface area contributed by atoms with E-state index in [1.165, 1.54) is 12.1 Å². The van der Waals surface area contributed by atoms with Gasteiger partial charge in [0.15, 0.2) is 0 Å². The molecule has 38 heavy (non-hydrogen) atoms. The second kappa shape index (κ2) is 10.3. The molecule has 5 aromatic rings. The van der Waals surface area contributed by atoms with Gasteiger partial charge >= 0.3 is 0 Å². The topological polar surface area (TPSA) is 82.3 Å². The molecule has 4 heterocycles. The van der Waals surface area contributed by atoms with Crippen molar-refractivity contribution in [2.75, 3.05) is 0 Å². The maximum absolute atomic E-state index is 13.5. The molecule has 3 N–H and O–H groups in total. The monoisotopic (exact) mass is 504 g/mol. The van der Waals surface area contributed by atoms with Crippen LogP contribution in [0.3, 0.4) is 0 Å². The lowest BCUT2D eigenvalue weighted by atomic mass is 10.1. The fourth-order valence-electron chi connectivity index (χ4n) is 4.22. The third kappa shape index (κ3) is 4.78. The molecule has 0 saturated carbocycles. The normalized spacial score (nSPS) is 12.4. The van der Waals surface area contributed by atoms with Gasteiger partial charge in [-0.05, 0) is 79.1 Å². The van der Waals surface area contributed by atoms with E-state index in [1.807, 2.05) is 43.3 Å².